The summed E-state index contributed by atoms with van der Waals surface area (Å²) in [4.78, 5) is 22.8. The van der Waals surface area contributed by atoms with Crippen LogP contribution in [0.15, 0.2) is 18.2 Å². The van der Waals surface area contributed by atoms with Crippen LogP contribution in [0, 0.1) is 12.8 Å². The van der Waals surface area contributed by atoms with Crippen molar-refractivity contribution in [2.24, 2.45) is 5.92 Å². The third-order valence-corrected chi connectivity index (χ3v) is 3.31. The summed E-state index contributed by atoms with van der Waals surface area (Å²) in [6.45, 7) is 5.99. The molecule has 0 aromatic heterocycles. The summed E-state index contributed by atoms with van der Waals surface area (Å²) in [5.74, 6) is -0.856. The standard InChI is InChI=1S/C15H21ClN2O3/c1-9(2)6-13(14(19)20)18-15(21)17-8-11-5-4-10(3)7-12(11)16/h4-5,7,9,13H,6,8H2,1-3H3,(H,19,20)(H2,17,18,21). The van der Waals surface area contributed by atoms with Crippen molar-refractivity contribution in [2.75, 3.05) is 0 Å². The van der Waals surface area contributed by atoms with Gasteiger partial charge in [-0.25, -0.2) is 9.59 Å². The number of carboxylic acids is 1. The van der Waals surface area contributed by atoms with Crippen LogP contribution >= 0.6 is 11.6 Å². The molecule has 0 heterocycles. The molecule has 0 radical (unpaired) electrons. The number of hydrogen-bond acceptors (Lipinski definition) is 2. The molecule has 2 amide bonds. The van der Waals surface area contributed by atoms with E-state index in [0.717, 1.165) is 11.1 Å². The lowest BCUT2D eigenvalue weighted by Crippen LogP contribution is -2.46. The number of rotatable bonds is 6. The monoisotopic (exact) mass is 312 g/mol. The Kier molecular flexibility index (Phi) is 6.49. The first-order chi connectivity index (χ1) is 9.79. The van der Waals surface area contributed by atoms with E-state index in [1.165, 1.54) is 0 Å². The Balaban J connectivity index is 2.54. The first-order valence-electron chi connectivity index (χ1n) is 6.81. The molecule has 1 rings (SSSR count). The van der Waals surface area contributed by atoms with Gasteiger partial charge in [-0.05, 0) is 36.5 Å². The summed E-state index contributed by atoms with van der Waals surface area (Å²) in [5, 5.41) is 14.7. The molecule has 1 atom stereocenters. The van der Waals surface area contributed by atoms with Crippen molar-refractivity contribution in [1.29, 1.82) is 0 Å². The molecule has 1 aromatic rings. The van der Waals surface area contributed by atoms with Gasteiger partial charge in [0.05, 0.1) is 0 Å². The van der Waals surface area contributed by atoms with Crippen molar-refractivity contribution in [3.05, 3.63) is 34.3 Å². The zero-order valence-corrected chi connectivity index (χ0v) is 13.2. The average molecular weight is 313 g/mol. The van der Waals surface area contributed by atoms with E-state index in [1.54, 1.807) is 0 Å². The fourth-order valence-corrected chi connectivity index (χ4v) is 2.18. The summed E-state index contributed by atoms with van der Waals surface area (Å²) >= 11 is 6.07. The molecule has 1 unspecified atom stereocenters. The van der Waals surface area contributed by atoms with E-state index in [1.807, 2.05) is 39.0 Å². The molecule has 0 aliphatic rings. The van der Waals surface area contributed by atoms with Gasteiger partial charge >= 0.3 is 12.0 Å². The number of carbonyl (C=O) groups excluding carboxylic acids is 1. The Morgan fingerprint density at radius 1 is 1.33 bits per heavy atom. The van der Waals surface area contributed by atoms with Crippen LogP contribution < -0.4 is 10.6 Å². The second-order valence-electron chi connectivity index (χ2n) is 5.44. The maximum atomic E-state index is 11.8. The number of urea groups is 1. The van der Waals surface area contributed by atoms with E-state index >= 15 is 0 Å². The highest BCUT2D eigenvalue weighted by atomic mass is 35.5. The van der Waals surface area contributed by atoms with Crippen LogP contribution in [0.2, 0.25) is 5.02 Å². The summed E-state index contributed by atoms with van der Waals surface area (Å²) in [6.07, 6.45) is 0.383. The SMILES string of the molecule is Cc1ccc(CNC(=O)NC(CC(C)C)C(=O)O)c(Cl)c1. The van der Waals surface area contributed by atoms with Gasteiger partial charge in [-0.1, -0.05) is 37.6 Å². The Morgan fingerprint density at radius 3 is 2.52 bits per heavy atom. The minimum atomic E-state index is -1.03. The summed E-state index contributed by atoms with van der Waals surface area (Å²) < 4.78 is 0. The number of carbonyl (C=O) groups is 2. The van der Waals surface area contributed by atoms with Gasteiger partial charge in [-0.3, -0.25) is 0 Å². The largest absolute Gasteiger partial charge is 0.480 e. The van der Waals surface area contributed by atoms with Gasteiger partial charge in [-0.2, -0.15) is 0 Å². The molecule has 21 heavy (non-hydrogen) atoms. The van der Waals surface area contributed by atoms with Crippen LogP contribution in [0.1, 0.15) is 31.4 Å². The third-order valence-electron chi connectivity index (χ3n) is 2.96. The normalized spacial score (nSPS) is 12.0. The predicted octanol–water partition coefficient (Wildman–Crippen LogP) is 2.95. The summed E-state index contributed by atoms with van der Waals surface area (Å²) in [7, 11) is 0. The van der Waals surface area contributed by atoms with E-state index in [4.69, 9.17) is 16.7 Å². The first kappa shape index (κ1) is 17.3. The van der Waals surface area contributed by atoms with Gasteiger partial charge in [-0.15, -0.1) is 0 Å². The van der Waals surface area contributed by atoms with Crippen LogP contribution in [-0.2, 0) is 11.3 Å². The lowest BCUT2D eigenvalue weighted by atomic mass is 10.0. The minimum absolute atomic E-state index is 0.179. The van der Waals surface area contributed by atoms with Crippen LogP contribution in [-0.4, -0.2) is 23.1 Å². The molecule has 0 aliphatic heterocycles. The van der Waals surface area contributed by atoms with Crippen molar-refractivity contribution < 1.29 is 14.7 Å². The molecule has 116 valence electrons. The van der Waals surface area contributed by atoms with Crippen LogP contribution in [0.25, 0.3) is 0 Å². The molecule has 0 saturated carbocycles. The quantitative estimate of drug-likeness (QED) is 0.755. The number of aliphatic carboxylic acids is 1. The molecular formula is C15H21ClN2O3. The van der Waals surface area contributed by atoms with Crippen LogP contribution in [0.3, 0.4) is 0 Å². The third kappa shape index (κ3) is 6.04. The fourth-order valence-electron chi connectivity index (χ4n) is 1.87. The van der Waals surface area contributed by atoms with Gasteiger partial charge < -0.3 is 15.7 Å². The second kappa shape index (κ2) is 7.88. The molecule has 0 saturated heterocycles. The summed E-state index contributed by atoms with van der Waals surface area (Å²) in [5.41, 5.74) is 1.82. The summed E-state index contributed by atoms with van der Waals surface area (Å²) in [6, 6.07) is 4.15. The van der Waals surface area contributed by atoms with Crippen LogP contribution in [0.5, 0.6) is 0 Å². The highest BCUT2D eigenvalue weighted by Crippen LogP contribution is 2.17. The molecule has 0 aliphatic carbocycles. The van der Waals surface area contributed by atoms with Gasteiger partial charge in [0.25, 0.3) is 0 Å². The Hall–Kier alpha value is -1.75. The highest BCUT2D eigenvalue weighted by Gasteiger charge is 2.20. The van der Waals surface area contributed by atoms with Crippen molar-refractivity contribution in [1.82, 2.24) is 10.6 Å². The lowest BCUT2D eigenvalue weighted by Gasteiger charge is -2.17. The van der Waals surface area contributed by atoms with Crippen molar-refractivity contribution in [2.45, 2.75) is 39.8 Å². The number of hydrogen-bond donors (Lipinski definition) is 3. The molecule has 0 bridgehead atoms. The molecule has 0 spiro atoms. The van der Waals surface area contributed by atoms with Gasteiger partial charge in [0.1, 0.15) is 6.04 Å². The number of nitrogens with one attached hydrogen (secondary N) is 2. The van der Waals surface area contributed by atoms with Gasteiger partial charge in [0.2, 0.25) is 0 Å². The molecular weight excluding hydrogens is 292 g/mol. The zero-order valence-electron chi connectivity index (χ0n) is 12.4. The smallest absolute Gasteiger partial charge is 0.326 e. The van der Waals surface area contributed by atoms with E-state index in [-0.39, 0.29) is 12.5 Å². The lowest BCUT2D eigenvalue weighted by molar-refractivity contribution is -0.139. The molecule has 5 nitrogen and oxygen atoms in total. The zero-order chi connectivity index (χ0) is 16.0. The maximum absolute atomic E-state index is 11.8. The van der Waals surface area contributed by atoms with Crippen molar-refractivity contribution in [3.63, 3.8) is 0 Å². The van der Waals surface area contributed by atoms with Gasteiger partial charge in [0.15, 0.2) is 0 Å². The Labute approximate surface area is 129 Å². The maximum Gasteiger partial charge on any atom is 0.326 e. The Bertz CT molecular complexity index is 518. The predicted molar refractivity (Wildman–Crippen MR) is 82.4 cm³/mol. The van der Waals surface area contributed by atoms with Crippen molar-refractivity contribution in [3.8, 4) is 0 Å². The van der Waals surface area contributed by atoms with E-state index in [0.29, 0.717) is 11.4 Å². The number of carboxylic acid groups (broad SMARTS) is 1. The molecule has 3 N–H and O–H groups in total. The van der Waals surface area contributed by atoms with E-state index in [2.05, 4.69) is 10.6 Å². The number of halogens is 1. The van der Waals surface area contributed by atoms with Crippen molar-refractivity contribution >= 4 is 23.6 Å². The number of aryl methyl sites for hydroxylation is 1. The number of benzene rings is 1. The van der Waals surface area contributed by atoms with Crippen LogP contribution in [0.4, 0.5) is 4.79 Å². The van der Waals surface area contributed by atoms with E-state index < -0.39 is 18.0 Å². The fraction of sp³-hybridized carbons (Fsp3) is 0.467. The Morgan fingerprint density at radius 2 is 2.00 bits per heavy atom. The average Bonchev–Trinajstić information content (AvgIpc) is 2.36. The minimum Gasteiger partial charge on any atom is -0.480 e. The highest BCUT2D eigenvalue weighted by molar-refractivity contribution is 6.31. The second-order valence-corrected chi connectivity index (χ2v) is 5.85. The molecule has 0 fully saturated rings. The van der Waals surface area contributed by atoms with Gasteiger partial charge in [0, 0.05) is 11.6 Å². The first-order valence-corrected chi connectivity index (χ1v) is 7.19. The molecule has 1 aromatic carbocycles. The molecule has 6 heteroatoms. The number of amides is 2. The topological polar surface area (TPSA) is 78.4 Å². The van der Waals surface area contributed by atoms with E-state index in [9.17, 15) is 9.59 Å².